The van der Waals surface area contributed by atoms with Crippen molar-refractivity contribution in [1.82, 2.24) is 9.88 Å². The Morgan fingerprint density at radius 1 is 1.46 bits per heavy atom. The Morgan fingerprint density at radius 3 is 3.04 bits per heavy atom. The summed E-state index contributed by atoms with van der Waals surface area (Å²) < 4.78 is 24.6. The van der Waals surface area contributed by atoms with E-state index in [1.54, 1.807) is 18.4 Å². The van der Waals surface area contributed by atoms with Gasteiger partial charge in [0.15, 0.2) is 0 Å². The number of carbonyl (C=O) groups excluding carboxylic acids is 1. The van der Waals surface area contributed by atoms with E-state index < -0.39 is 0 Å². The quantitative estimate of drug-likeness (QED) is 0.413. The maximum atomic E-state index is 14.3. The van der Waals surface area contributed by atoms with E-state index in [1.165, 1.54) is 23.6 Å². The number of carbonyl (C=O) groups is 1. The molecule has 2 heterocycles. The summed E-state index contributed by atoms with van der Waals surface area (Å²) >= 11 is 1.34. The number of hydrogen-bond donors (Lipinski definition) is 1. The number of anilines is 1. The van der Waals surface area contributed by atoms with Gasteiger partial charge in [-0.3, -0.25) is 15.1 Å². The van der Waals surface area contributed by atoms with E-state index in [9.17, 15) is 9.18 Å². The van der Waals surface area contributed by atoms with Gasteiger partial charge in [0.25, 0.3) is 0 Å². The normalized spacial score (nSPS) is 15.1. The Labute approximate surface area is 167 Å². The van der Waals surface area contributed by atoms with E-state index in [-0.39, 0.29) is 18.2 Å². The zero-order chi connectivity index (χ0) is 19.8. The van der Waals surface area contributed by atoms with Crippen LogP contribution in [-0.4, -0.2) is 55.0 Å². The molecule has 1 aromatic carbocycles. The van der Waals surface area contributed by atoms with Crippen LogP contribution in [0.3, 0.4) is 0 Å². The first-order valence-corrected chi connectivity index (χ1v) is 9.99. The summed E-state index contributed by atoms with van der Waals surface area (Å²) in [5, 5.41) is 6.42. The first-order chi connectivity index (χ1) is 13.6. The summed E-state index contributed by atoms with van der Waals surface area (Å²) in [5.41, 5.74) is 4.74. The van der Waals surface area contributed by atoms with E-state index in [0.29, 0.717) is 48.3 Å². The topological polar surface area (TPSA) is 76.0 Å². The third-order valence-electron chi connectivity index (χ3n) is 4.13. The second kappa shape index (κ2) is 10.3. The maximum Gasteiger partial charge on any atom is 0.311 e. The molecular weight excluding hydrogens is 383 g/mol. The number of hydrogen-bond acceptors (Lipinski definition) is 8. The molecule has 0 radical (unpaired) electrons. The molecule has 150 valence electrons. The fourth-order valence-corrected chi connectivity index (χ4v) is 3.39. The van der Waals surface area contributed by atoms with Gasteiger partial charge < -0.3 is 9.47 Å². The number of halogens is 1. The summed E-state index contributed by atoms with van der Waals surface area (Å²) in [5.74, 6) is -0.558. The van der Waals surface area contributed by atoms with E-state index in [0.717, 1.165) is 13.1 Å². The van der Waals surface area contributed by atoms with E-state index >= 15 is 0 Å². The molecule has 3 rings (SSSR count). The van der Waals surface area contributed by atoms with Crippen LogP contribution in [0.15, 0.2) is 28.7 Å². The van der Waals surface area contributed by atoms with Gasteiger partial charge in [-0.25, -0.2) is 9.37 Å². The van der Waals surface area contributed by atoms with Gasteiger partial charge >= 0.3 is 5.97 Å². The van der Waals surface area contributed by atoms with Crippen molar-refractivity contribution in [2.45, 2.75) is 19.9 Å². The summed E-state index contributed by atoms with van der Waals surface area (Å²) in [4.78, 5) is 17.9. The lowest BCUT2D eigenvalue weighted by Crippen LogP contribution is -2.35. The van der Waals surface area contributed by atoms with Crippen molar-refractivity contribution in [3.8, 4) is 0 Å². The van der Waals surface area contributed by atoms with Gasteiger partial charge in [0, 0.05) is 30.6 Å². The molecule has 2 aromatic rings. The summed E-state index contributed by atoms with van der Waals surface area (Å²) in [6.07, 6.45) is 1.67. The molecule has 28 heavy (non-hydrogen) atoms. The molecule has 0 bridgehead atoms. The Morgan fingerprint density at radius 2 is 2.29 bits per heavy atom. The van der Waals surface area contributed by atoms with Gasteiger partial charge in [-0.15, -0.1) is 11.3 Å². The third kappa shape index (κ3) is 6.08. The molecule has 1 saturated heterocycles. The van der Waals surface area contributed by atoms with Crippen molar-refractivity contribution in [1.29, 1.82) is 0 Å². The number of nitrogens with zero attached hydrogens (tertiary/aromatic N) is 3. The number of benzene rings is 1. The van der Waals surface area contributed by atoms with Gasteiger partial charge in [-0.2, -0.15) is 5.10 Å². The Balaban J connectivity index is 1.52. The van der Waals surface area contributed by atoms with Crippen LogP contribution in [0.4, 0.5) is 9.52 Å². The van der Waals surface area contributed by atoms with Gasteiger partial charge in [-0.1, -0.05) is 12.1 Å². The number of nitrogens with one attached hydrogen (secondary N) is 1. The highest BCUT2D eigenvalue weighted by atomic mass is 32.1. The smallest absolute Gasteiger partial charge is 0.311 e. The molecule has 1 aliphatic heterocycles. The van der Waals surface area contributed by atoms with Gasteiger partial charge in [0.2, 0.25) is 5.13 Å². The predicted octanol–water partition coefficient (Wildman–Crippen LogP) is 2.67. The molecule has 0 unspecified atom stereocenters. The molecule has 0 atom stereocenters. The highest BCUT2D eigenvalue weighted by molar-refractivity contribution is 7.13. The number of hydrazone groups is 1. The van der Waals surface area contributed by atoms with E-state index in [2.05, 4.69) is 20.4 Å². The Hall–Kier alpha value is -2.36. The minimum atomic E-state index is -0.310. The van der Waals surface area contributed by atoms with Gasteiger partial charge in [0.05, 0.1) is 38.1 Å². The van der Waals surface area contributed by atoms with Gasteiger partial charge in [-0.05, 0) is 18.6 Å². The molecule has 9 heteroatoms. The summed E-state index contributed by atoms with van der Waals surface area (Å²) in [6, 6.07) is 5.08. The largest absolute Gasteiger partial charge is 0.466 e. The Kier molecular flexibility index (Phi) is 7.46. The molecule has 0 saturated carbocycles. The number of aromatic nitrogens is 1. The van der Waals surface area contributed by atoms with Crippen LogP contribution in [-0.2, 0) is 27.2 Å². The number of ether oxygens (including phenoxy) is 2. The minimum absolute atomic E-state index is 0.131. The fourth-order valence-electron chi connectivity index (χ4n) is 2.73. The monoisotopic (exact) mass is 406 g/mol. The van der Waals surface area contributed by atoms with Crippen LogP contribution in [0.25, 0.3) is 0 Å². The molecule has 1 aliphatic rings. The SMILES string of the molecule is CCOC(=O)Cc1csc(NN=Cc2ccc(CN3CCOCC3)c(F)c2)n1. The molecule has 0 spiro atoms. The number of rotatable bonds is 8. The predicted molar refractivity (Wildman–Crippen MR) is 106 cm³/mol. The van der Waals surface area contributed by atoms with Gasteiger partial charge in [0.1, 0.15) is 5.82 Å². The third-order valence-corrected chi connectivity index (χ3v) is 4.93. The van der Waals surface area contributed by atoms with Crippen LogP contribution in [0.2, 0.25) is 0 Å². The van der Waals surface area contributed by atoms with Crippen molar-refractivity contribution < 1.29 is 18.7 Å². The molecular formula is C19H23FN4O3S. The molecule has 0 amide bonds. The zero-order valence-corrected chi connectivity index (χ0v) is 16.5. The van der Waals surface area contributed by atoms with Crippen LogP contribution >= 0.6 is 11.3 Å². The summed E-state index contributed by atoms with van der Waals surface area (Å²) in [6.45, 7) is 5.70. The average Bonchev–Trinajstić information content (AvgIpc) is 3.12. The molecule has 1 fully saturated rings. The molecule has 0 aliphatic carbocycles. The van der Waals surface area contributed by atoms with Crippen molar-refractivity contribution >= 4 is 28.7 Å². The Bertz CT molecular complexity index is 821. The fraction of sp³-hybridized carbons (Fsp3) is 0.421. The van der Waals surface area contributed by atoms with Crippen molar-refractivity contribution in [2.75, 3.05) is 38.3 Å². The summed E-state index contributed by atoms with van der Waals surface area (Å²) in [7, 11) is 0. The second-order valence-electron chi connectivity index (χ2n) is 6.24. The van der Waals surface area contributed by atoms with E-state index in [1.807, 2.05) is 6.07 Å². The van der Waals surface area contributed by atoms with Crippen LogP contribution in [0.1, 0.15) is 23.7 Å². The van der Waals surface area contributed by atoms with E-state index in [4.69, 9.17) is 9.47 Å². The maximum absolute atomic E-state index is 14.3. The lowest BCUT2D eigenvalue weighted by Gasteiger charge is -2.26. The molecule has 1 aromatic heterocycles. The van der Waals surface area contributed by atoms with Crippen molar-refractivity contribution in [3.63, 3.8) is 0 Å². The van der Waals surface area contributed by atoms with Crippen LogP contribution in [0.5, 0.6) is 0 Å². The molecule has 7 nitrogen and oxygen atoms in total. The number of esters is 1. The van der Waals surface area contributed by atoms with Crippen LogP contribution in [0, 0.1) is 5.82 Å². The number of morpholine rings is 1. The second-order valence-corrected chi connectivity index (χ2v) is 7.09. The lowest BCUT2D eigenvalue weighted by atomic mass is 10.1. The average molecular weight is 406 g/mol. The standard InChI is InChI=1S/C19H23FN4O3S/c1-2-27-18(25)10-16-13-28-19(22-16)23-21-11-14-3-4-15(17(20)9-14)12-24-5-7-26-8-6-24/h3-4,9,11,13H,2,5-8,10,12H2,1H3,(H,22,23). The van der Waals surface area contributed by atoms with Crippen molar-refractivity contribution in [3.05, 3.63) is 46.2 Å². The molecule has 1 N–H and O–H groups in total. The first-order valence-electron chi connectivity index (χ1n) is 9.11. The minimum Gasteiger partial charge on any atom is -0.466 e. The highest BCUT2D eigenvalue weighted by Crippen LogP contribution is 2.17. The number of thiazole rings is 1. The first kappa shape index (κ1) is 20.4. The van der Waals surface area contributed by atoms with Crippen molar-refractivity contribution in [2.24, 2.45) is 5.10 Å². The highest BCUT2D eigenvalue weighted by Gasteiger charge is 2.13. The van der Waals surface area contributed by atoms with Crippen LogP contribution < -0.4 is 5.43 Å². The lowest BCUT2D eigenvalue weighted by molar-refractivity contribution is -0.142. The zero-order valence-electron chi connectivity index (χ0n) is 15.7.